The average Bonchev–Trinajstić information content (AvgIpc) is 3.02. The number of fused-ring (bicyclic) bond motifs is 2. The van der Waals surface area contributed by atoms with Gasteiger partial charge >= 0.3 is 6.09 Å². The Balaban J connectivity index is 1.34. The van der Waals surface area contributed by atoms with Crippen LogP contribution in [-0.2, 0) is 0 Å². The molecule has 1 fully saturated rings. The van der Waals surface area contributed by atoms with E-state index in [-0.39, 0.29) is 51.9 Å². The molecule has 3 heterocycles. The molecular weight excluding hydrogens is 576 g/mol. The van der Waals surface area contributed by atoms with Crippen molar-refractivity contribution in [2.45, 2.75) is 12.2 Å². The summed E-state index contributed by atoms with van der Waals surface area (Å²) in [7, 11) is 3.37. The number of nitrogens with zero attached hydrogens (tertiary/aromatic N) is 2. The maximum Gasteiger partial charge on any atom is 0.415 e. The van der Waals surface area contributed by atoms with Crippen LogP contribution in [0.25, 0.3) is 22.3 Å². The zero-order valence-corrected chi connectivity index (χ0v) is 23.9. The van der Waals surface area contributed by atoms with Gasteiger partial charge in [-0.3, -0.25) is 4.79 Å². The van der Waals surface area contributed by atoms with Crippen LogP contribution >= 0.6 is 0 Å². The maximum atomic E-state index is 13.1. The highest BCUT2D eigenvalue weighted by molar-refractivity contribution is 5.89. The van der Waals surface area contributed by atoms with Crippen LogP contribution in [0.2, 0.25) is 0 Å². The van der Waals surface area contributed by atoms with E-state index in [4.69, 9.17) is 23.4 Å². The molecule has 3 aromatic carbocycles. The number of hydrogen-bond acceptors (Lipinski definition) is 12. The summed E-state index contributed by atoms with van der Waals surface area (Å²) in [5.41, 5.74) is -0.204. The topological polar surface area (TPSA) is 172 Å². The number of phenols is 2. The number of amides is 1. The molecule has 1 aromatic heterocycles. The highest BCUT2D eigenvalue weighted by Crippen LogP contribution is 2.44. The first-order chi connectivity index (χ1) is 21.2. The number of ether oxygens (including phenoxy) is 4. The van der Waals surface area contributed by atoms with Crippen molar-refractivity contribution in [3.8, 4) is 51.6 Å². The molecule has 2 aliphatic heterocycles. The van der Waals surface area contributed by atoms with Crippen LogP contribution < -0.4 is 24.4 Å². The van der Waals surface area contributed by atoms with Crippen molar-refractivity contribution in [2.75, 3.05) is 46.9 Å². The van der Waals surface area contributed by atoms with Gasteiger partial charge in [0.05, 0.1) is 13.7 Å². The molecule has 2 aliphatic rings. The normalized spacial score (nSPS) is 18.3. The van der Waals surface area contributed by atoms with Crippen LogP contribution in [0, 0.1) is 0 Å². The van der Waals surface area contributed by atoms with E-state index in [9.17, 15) is 30.0 Å². The molecule has 230 valence electrons. The first-order valence-electron chi connectivity index (χ1n) is 13.8. The summed E-state index contributed by atoms with van der Waals surface area (Å²) >= 11 is 0. The summed E-state index contributed by atoms with van der Waals surface area (Å²) in [6.45, 7) is 1.96. The summed E-state index contributed by atoms with van der Waals surface area (Å²) in [6.07, 6.45) is -2.19. The van der Waals surface area contributed by atoms with E-state index in [1.807, 2.05) is 7.05 Å². The van der Waals surface area contributed by atoms with Gasteiger partial charge in [-0.05, 0) is 37.4 Å². The Hall–Kier alpha value is -5.14. The highest BCUT2D eigenvalue weighted by Gasteiger charge is 2.34. The average molecular weight is 607 g/mol. The number of likely N-dealkylation sites (N-methyl/N-ethyl adjacent to an activating group) is 1. The molecule has 0 spiro atoms. The lowest BCUT2D eigenvalue weighted by Crippen LogP contribution is -2.48. The third-order valence-corrected chi connectivity index (χ3v) is 7.68. The SMILES string of the molecule is COc1cc(C2Oc3cc(-c4oc5cc(OC(=O)N6CCN(C)CC6)cc(O)c5c(=O)c4O)ccc3OC2CO)ccc1O. The van der Waals surface area contributed by atoms with Gasteiger partial charge in [0.1, 0.15) is 22.5 Å². The molecule has 0 radical (unpaired) electrons. The lowest BCUT2D eigenvalue weighted by Gasteiger charge is -2.33. The van der Waals surface area contributed by atoms with Crippen LogP contribution in [0.5, 0.6) is 40.2 Å². The molecule has 0 bridgehead atoms. The molecule has 13 nitrogen and oxygen atoms in total. The van der Waals surface area contributed by atoms with E-state index in [0.717, 1.165) is 6.07 Å². The van der Waals surface area contributed by atoms with Crippen molar-refractivity contribution < 1.29 is 48.6 Å². The minimum absolute atomic E-state index is 0.0388. The molecule has 4 N–H and O–H groups in total. The molecule has 0 saturated carbocycles. The molecular formula is C31H30N2O11. The second-order valence-electron chi connectivity index (χ2n) is 10.6. The Morgan fingerprint density at radius 1 is 0.955 bits per heavy atom. The van der Waals surface area contributed by atoms with Crippen molar-refractivity contribution in [3.63, 3.8) is 0 Å². The molecule has 6 rings (SSSR count). The summed E-state index contributed by atoms with van der Waals surface area (Å²) < 4.78 is 28.7. The van der Waals surface area contributed by atoms with Gasteiger partial charge in [-0.25, -0.2) is 4.79 Å². The predicted molar refractivity (Wildman–Crippen MR) is 156 cm³/mol. The Labute approximate surface area is 250 Å². The fourth-order valence-corrected chi connectivity index (χ4v) is 5.24. The number of methoxy groups -OCH3 is 1. The molecule has 1 saturated heterocycles. The zero-order chi connectivity index (χ0) is 31.1. The number of piperazine rings is 1. The van der Waals surface area contributed by atoms with E-state index < -0.39 is 35.2 Å². The van der Waals surface area contributed by atoms with Gasteiger partial charge < -0.3 is 53.6 Å². The van der Waals surface area contributed by atoms with E-state index in [1.54, 1.807) is 12.1 Å². The Morgan fingerprint density at radius 3 is 2.45 bits per heavy atom. The Kier molecular flexibility index (Phi) is 7.57. The second kappa shape index (κ2) is 11.5. The molecule has 2 unspecified atom stereocenters. The quantitative estimate of drug-likeness (QED) is 0.262. The molecule has 4 aromatic rings. The van der Waals surface area contributed by atoms with Crippen LogP contribution in [0.3, 0.4) is 0 Å². The first kappa shape index (κ1) is 29.0. The van der Waals surface area contributed by atoms with Gasteiger partial charge in [-0.2, -0.15) is 0 Å². The van der Waals surface area contributed by atoms with Crippen LogP contribution in [0.15, 0.2) is 57.7 Å². The van der Waals surface area contributed by atoms with Gasteiger partial charge in [0.15, 0.2) is 41.0 Å². The number of carbonyl (C=O) groups excluding carboxylic acids is 1. The highest BCUT2D eigenvalue weighted by atomic mass is 16.6. The number of aromatic hydroxyl groups is 3. The number of hydrogen-bond donors (Lipinski definition) is 4. The van der Waals surface area contributed by atoms with Crippen molar-refractivity contribution in [2.24, 2.45) is 0 Å². The fraction of sp³-hybridized carbons (Fsp3) is 0.290. The van der Waals surface area contributed by atoms with E-state index >= 15 is 0 Å². The van der Waals surface area contributed by atoms with Gasteiger partial charge in [-0.1, -0.05) is 6.07 Å². The molecule has 2 atom stereocenters. The summed E-state index contributed by atoms with van der Waals surface area (Å²) in [5, 5.41) is 41.1. The number of aliphatic hydroxyl groups is 1. The third-order valence-electron chi connectivity index (χ3n) is 7.68. The van der Waals surface area contributed by atoms with Crippen LogP contribution in [0.4, 0.5) is 4.79 Å². The summed E-state index contributed by atoms with van der Waals surface area (Å²) in [5.74, 6) is -0.866. The number of aliphatic hydroxyl groups excluding tert-OH is 1. The zero-order valence-electron chi connectivity index (χ0n) is 23.9. The third kappa shape index (κ3) is 5.27. The van der Waals surface area contributed by atoms with Gasteiger partial charge in [-0.15, -0.1) is 0 Å². The second-order valence-corrected chi connectivity index (χ2v) is 10.6. The van der Waals surface area contributed by atoms with Gasteiger partial charge in [0.25, 0.3) is 0 Å². The van der Waals surface area contributed by atoms with Gasteiger partial charge in [0, 0.05) is 49.4 Å². The molecule has 13 heteroatoms. The number of rotatable bonds is 5. The number of carbonyl (C=O) groups is 1. The standard InChI is InChI=1S/C31H30N2O11/c1-32-7-9-33(10-8-32)31(39)41-18-13-20(36)26-24(14-18)44-30(28(38)27(26)37)17-4-6-21-23(12-17)43-29(25(15-34)42-21)16-3-5-19(35)22(11-16)40-2/h3-6,11-14,25,29,34-36,38H,7-10,15H2,1-2H3. The van der Waals surface area contributed by atoms with Gasteiger partial charge in [0.2, 0.25) is 11.2 Å². The monoisotopic (exact) mass is 606 g/mol. The molecule has 44 heavy (non-hydrogen) atoms. The van der Waals surface area contributed by atoms with Crippen molar-refractivity contribution >= 4 is 17.1 Å². The number of phenolic OH excluding ortho intramolecular Hbond substituents is 2. The largest absolute Gasteiger partial charge is 0.507 e. The predicted octanol–water partition coefficient (Wildman–Crippen LogP) is 3.21. The molecule has 0 aliphatic carbocycles. The minimum atomic E-state index is -0.889. The lowest BCUT2D eigenvalue weighted by atomic mass is 10.0. The van der Waals surface area contributed by atoms with Crippen molar-refractivity contribution in [3.05, 3.63) is 64.3 Å². The van der Waals surface area contributed by atoms with Crippen LogP contribution in [0.1, 0.15) is 11.7 Å². The molecule has 1 amide bonds. The van der Waals surface area contributed by atoms with Crippen molar-refractivity contribution in [1.29, 1.82) is 0 Å². The minimum Gasteiger partial charge on any atom is -0.507 e. The fourth-order valence-electron chi connectivity index (χ4n) is 5.24. The Morgan fingerprint density at radius 2 is 1.73 bits per heavy atom. The van der Waals surface area contributed by atoms with Crippen molar-refractivity contribution in [1.82, 2.24) is 9.80 Å². The Bertz CT molecular complexity index is 1800. The number of benzene rings is 3. The van der Waals surface area contributed by atoms with Crippen LogP contribution in [-0.4, -0.2) is 89.4 Å². The maximum absolute atomic E-state index is 13.1. The van der Waals surface area contributed by atoms with E-state index in [1.165, 1.54) is 42.3 Å². The lowest BCUT2D eigenvalue weighted by molar-refractivity contribution is -0.0123. The summed E-state index contributed by atoms with van der Waals surface area (Å²) in [6, 6.07) is 11.6. The first-order valence-corrected chi connectivity index (χ1v) is 13.8. The smallest absolute Gasteiger partial charge is 0.415 e. The van der Waals surface area contributed by atoms with E-state index in [0.29, 0.717) is 37.5 Å². The summed E-state index contributed by atoms with van der Waals surface area (Å²) in [4.78, 5) is 29.5. The van der Waals surface area contributed by atoms with E-state index in [2.05, 4.69) is 4.90 Å².